The molecule has 1 N–H and O–H groups in total. The van der Waals surface area contributed by atoms with Crippen molar-refractivity contribution < 1.29 is 9.59 Å². The van der Waals surface area contributed by atoms with Gasteiger partial charge in [0, 0.05) is 30.4 Å². The maximum absolute atomic E-state index is 13.5. The van der Waals surface area contributed by atoms with E-state index in [1.165, 1.54) is 11.8 Å². The van der Waals surface area contributed by atoms with Gasteiger partial charge in [-0.05, 0) is 49.7 Å². The number of nitrogens with zero attached hydrogens (tertiary/aromatic N) is 5. The van der Waals surface area contributed by atoms with Gasteiger partial charge in [-0.15, -0.1) is 10.2 Å². The molecular weight excluding hydrogens is 460 g/mol. The number of fused-ring (bicyclic) bond motifs is 1. The topological polar surface area (TPSA) is 93.0 Å². The Morgan fingerprint density at radius 2 is 1.83 bits per heavy atom. The van der Waals surface area contributed by atoms with Gasteiger partial charge in [-0.3, -0.25) is 19.1 Å². The van der Waals surface area contributed by atoms with Crippen LogP contribution in [0.25, 0.3) is 17.1 Å². The fourth-order valence-electron chi connectivity index (χ4n) is 4.24. The maximum atomic E-state index is 13.5. The molecule has 1 aliphatic rings. The van der Waals surface area contributed by atoms with Crippen LogP contribution >= 0.6 is 11.8 Å². The van der Waals surface area contributed by atoms with Crippen LogP contribution in [0.4, 0.5) is 11.4 Å². The van der Waals surface area contributed by atoms with Crippen LogP contribution in [0.1, 0.15) is 18.9 Å². The predicted molar refractivity (Wildman–Crippen MR) is 137 cm³/mol. The number of hydrogen-bond donors (Lipinski definition) is 1. The lowest BCUT2D eigenvalue weighted by Gasteiger charge is -2.27. The second kappa shape index (κ2) is 9.71. The molecule has 176 valence electrons. The number of benzene rings is 2. The number of carbonyl (C=O) groups excluding carboxylic acids is 2. The summed E-state index contributed by atoms with van der Waals surface area (Å²) in [6.07, 6.45) is 3.69. The van der Waals surface area contributed by atoms with E-state index in [1.807, 2.05) is 79.1 Å². The normalized spacial score (nSPS) is 15.3. The summed E-state index contributed by atoms with van der Waals surface area (Å²) in [5.74, 6) is 0.594. The second-order valence-electron chi connectivity index (χ2n) is 8.34. The minimum atomic E-state index is -0.271. The number of pyridine rings is 1. The fourth-order valence-corrected chi connectivity index (χ4v) is 5.04. The molecule has 5 rings (SSSR count). The standard InChI is InChI=1S/C26H24N6O2S/c1-17-8-3-5-11-21(17)32-25(19-9-7-13-27-15-19)29-30-26(32)35-16-24(34)31-18(2)14-23(33)28-20-10-4-6-12-22(20)31/h3-13,15,18H,14,16H2,1-2H3,(H,28,33)/t18-/m0/s1. The van der Waals surface area contributed by atoms with E-state index in [2.05, 4.69) is 20.5 Å². The number of para-hydroxylation sites is 3. The van der Waals surface area contributed by atoms with E-state index in [9.17, 15) is 9.59 Å². The Bertz CT molecular complexity index is 1390. The van der Waals surface area contributed by atoms with E-state index in [0.717, 1.165) is 16.8 Å². The van der Waals surface area contributed by atoms with Gasteiger partial charge in [0.1, 0.15) is 0 Å². The average molecular weight is 485 g/mol. The SMILES string of the molecule is Cc1ccccc1-n1c(SCC(=O)N2c3ccccc3NC(=O)C[C@@H]2C)nnc1-c1cccnc1. The van der Waals surface area contributed by atoms with Crippen molar-refractivity contribution in [2.75, 3.05) is 16.0 Å². The van der Waals surface area contributed by atoms with Crippen LogP contribution in [0.15, 0.2) is 78.2 Å². The summed E-state index contributed by atoms with van der Waals surface area (Å²) < 4.78 is 1.97. The molecule has 9 heteroatoms. The molecule has 35 heavy (non-hydrogen) atoms. The number of aryl methyl sites for hydroxylation is 1. The number of carbonyl (C=O) groups is 2. The van der Waals surface area contributed by atoms with Gasteiger partial charge in [-0.2, -0.15) is 0 Å². The van der Waals surface area contributed by atoms with Crippen molar-refractivity contribution in [2.45, 2.75) is 31.5 Å². The van der Waals surface area contributed by atoms with E-state index in [4.69, 9.17) is 0 Å². The van der Waals surface area contributed by atoms with Gasteiger partial charge in [-0.1, -0.05) is 42.1 Å². The number of rotatable bonds is 5. The molecule has 0 aliphatic carbocycles. The highest BCUT2D eigenvalue weighted by Gasteiger charge is 2.30. The fraction of sp³-hybridized carbons (Fsp3) is 0.192. The van der Waals surface area contributed by atoms with Crippen molar-refractivity contribution in [3.05, 3.63) is 78.6 Å². The Labute approximate surface area is 207 Å². The number of aromatic nitrogens is 4. The molecule has 0 saturated carbocycles. The lowest BCUT2D eigenvalue weighted by Crippen LogP contribution is -2.40. The smallest absolute Gasteiger partial charge is 0.237 e. The number of amides is 2. The molecule has 0 fully saturated rings. The first-order valence-electron chi connectivity index (χ1n) is 11.3. The highest BCUT2D eigenvalue weighted by Crippen LogP contribution is 2.33. The summed E-state index contributed by atoms with van der Waals surface area (Å²) in [5.41, 5.74) is 4.18. The van der Waals surface area contributed by atoms with Gasteiger partial charge in [-0.25, -0.2) is 0 Å². The van der Waals surface area contributed by atoms with E-state index in [1.54, 1.807) is 17.3 Å². The van der Waals surface area contributed by atoms with Crippen LogP contribution in [-0.4, -0.2) is 43.4 Å². The first kappa shape index (κ1) is 22.8. The van der Waals surface area contributed by atoms with Gasteiger partial charge in [0.2, 0.25) is 11.8 Å². The monoisotopic (exact) mass is 484 g/mol. The molecule has 0 spiro atoms. The maximum Gasteiger partial charge on any atom is 0.237 e. The first-order valence-corrected chi connectivity index (χ1v) is 12.3. The lowest BCUT2D eigenvalue weighted by molar-refractivity contribution is -0.117. The molecule has 3 heterocycles. The summed E-state index contributed by atoms with van der Waals surface area (Å²) in [6, 6.07) is 18.9. The Balaban J connectivity index is 1.48. The number of thioether (sulfide) groups is 1. The molecule has 1 aliphatic heterocycles. The third-order valence-corrected chi connectivity index (χ3v) is 6.78. The van der Waals surface area contributed by atoms with Gasteiger partial charge in [0.15, 0.2) is 11.0 Å². The number of hydrogen-bond acceptors (Lipinski definition) is 6. The zero-order chi connectivity index (χ0) is 24.4. The zero-order valence-corrected chi connectivity index (χ0v) is 20.2. The molecule has 2 amide bonds. The van der Waals surface area contributed by atoms with Crippen LogP contribution in [-0.2, 0) is 9.59 Å². The third kappa shape index (κ3) is 4.54. The summed E-state index contributed by atoms with van der Waals surface area (Å²) >= 11 is 1.32. The molecule has 2 aromatic carbocycles. The Kier molecular flexibility index (Phi) is 6.33. The quantitative estimate of drug-likeness (QED) is 0.420. The average Bonchev–Trinajstić information content (AvgIpc) is 3.22. The molecule has 4 aromatic rings. The van der Waals surface area contributed by atoms with Crippen molar-refractivity contribution in [1.82, 2.24) is 19.7 Å². The molecule has 0 radical (unpaired) electrons. The number of anilines is 2. The molecular formula is C26H24N6O2S. The summed E-state index contributed by atoms with van der Waals surface area (Å²) in [4.78, 5) is 31.7. The molecule has 0 saturated heterocycles. The Morgan fingerprint density at radius 1 is 1.06 bits per heavy atom. The zero-order valence-electron chi connectivity index (χ0n) is 19.4. The van der Waals surface area contributed by atoms with E-state index >= 15 is 0 Å². The molecule has 0 unspecified atom stereocenters. The Hall–Kier alpha value is -3.98. The van der Waals surface area contributed by atoms with Crippen LogP contribution < -0.4 is 10.2 Å². The van der Waals surface area contributed by atoms with Crippen molar-refractivity contribution in [3.63, 3.8) is 0 Å². The largest absolute Gasteiger partial charge is 0.324 e. The highest BCUT2D eigenvalue weighted by atomic mass is 32.2. The minimum Gasteiger partial charge on any atom is -0.324 e. The van der Waals surface area contributed by atoms with Crippen LogP contribution in [0.3, 0.4) is 0 Å². The predicted octanol–water partition coefficient (Wildman–Crippen LogP) is 4.49. The van der Waals surface area contributed by atoms with E-state index in [0.29, 0.717) is 22.4 Å². The summed E-state index contributed by atoms with van der Waals surface area (Å²) in [5, 5.41) is 12.4. The van der Waals surface area contributed by atoms with Crippen molar-refractivity contribution >= 4 is 35.0 Å². The highest BCUT2D eigenvalue weighted by molar-refractivity contribution is 7.99. The van der Waals surface area contributed by atoms with Crippen molar-refractivity contribution in [3.8, 4) is 17.1 Å². The van der Waals surface area contributed by atoms with Gasteiger partial charge < -0.3 is 10.2 Å². The Morgan fingerprint density at radius 3 is 2.60 bits per heavy atom. The molecule has 1 atom stereocenters. The van der Waals surface area contributed by atoms with Crippen LogP contribution in [0.2, 0.25) is 0 Å². The lowest BCUT2D eigenvalue weighted by atomic mass is 10.2. The summed E-state index contributed by atoms with van der Waals surface area (Å²) in [6.45, 7) is 3.92. The van der Waals surface area contributed by atoms with Crippen molar-refractivity contribution in [2.24, 2.45) is 0 Å². The van der Waals surface area contributed by atoms with E-state index < -0.39 is 0 Å². The van der Waals surface area contributed by atoms with Crippen molar-refractivity contribution in [1.29, 1.82) is 0 Å². The second-order valence-corrected chi connectivity index (χ2v) is 9.28. The van der Waals surface area contributed by atoms with E-state index in [-0.39, 0.29) is 30.0 Å². The molecule has 8 nitrogen and oxygen atoms in total. The van der Waals surface area contributed by atoms with Crippen LogP contribution in [0, 0.1) is 6.92 Å². The summed E-state index contributed by atoms with van der Waals surface area (Å²) in [7, 11) is 0. The van der Waals surface area contributed by atoms with Gasteiger partial charge >= 0.3 is 0 Å². The molecule has 0 bridgehead atoms. The third-order valence-electron chi connectivity index (χ3n) is 5.86. The van der Waals surface area contributed by atoms with Gasteiger partial charge in [0.25, 0.3) is 0 Å². The van der Waals surface area contributed by atoms with Crippen LogP contribution in [0.5, 0.6) is 0 Å². The first-order chi connectivity index (χ1) is 17.0. The number of nitrogens with one attached hydrogen (secondary N) is 1. The molecule has 2 aromatic heterocycles. The minimum absolute atomic E-state index is 0.103. The van der Waals surface area contributed by atoms with Gasteiger partial charge in [0.05, 0.1) is 22.8 Å².